The van der Waals surface area contributed by atoms with Crippen LogP contribution in [-0.2, 0) is 0 Å². The number of carbonyl (C=O) groups is 1. The summed E-state index contributed by atoms with van der Waals surface area (Å²) >= 11 is 0. The highest BCUT2D eigenvalue weighted by Crippen LogP contribution is 2.19. The minimum atomic E-state index is -2.92. The first-order valence-corrected chi connectivity index (χ1v) is 6.04. The largest absolute Gasteiger partial charge is 0.435 e. The molecule has 0 saturated carbocycles. The summed E-state index contributed by atoms with van der Waals surface area (Å²) in [6.45, 7) is -1.07. The number of hydrogen-bond acceptors (Lipinski definition) is 3. The fraction of sp³-hybridized carbons (Fsp3) is 0.385. The molecule has 0 saturated heterocycles. The van der Waals surface area contributed by atoms with Gasteiger partial charge in [-0.05, 0) is 18.6 Å². The molecule has 20 heavy (non-hydrogen) atoms. The van der Waals surface area contributed by atoms with Crippen molar-refractivity contribution in [3.05, 3.63) is 24.3 Å². The molecule has 0 aliphatic carbocycles. The summed E-state index contributed by atoms with van der Waals surface area (Å²) in [4.78, 5) is 11.7. The molecule has 0 bridgehead atoms. The van der Waals surface area contributed by atoms with Crippen molar-refractivity contribution in [3.63, 3.8) is 0 Å². The molecule has 0 radical (unpaired) electrons. The van der Waals surface area contributed by atoms with Crippen LogP contribution in [0.25, 0.3) is 0 Å². The van der Waals surface area contributed by atoms with Crippen LogP contribution in [0.1, 0.15) is 19.8 Å². The van der Waals surface area contributed by atoms with Crippen LogP contribution in [-0.4, -0.2) is 18.7 Å². The zero-order chi connectivity index (χ0) is 15.0. The Balaban J connectivity index is 2.59. The third-order valence-electron chi connectivity index (χ3n) is 2.48. The van der Waals surface area contributed by atoms with Gasteiger partial charge in [0.05, 0.1) is 12.5 Å². The molecule has 1 aromatic carbocycles. The molecule has 2 amide bonds. The number of nitriles is 1. The maximum atomic E-state index is 12.1. The molecule has 108 valence electrons. The van der Waals surface area contributed by atoms with E-state index >= 15 is 0 Å². The number of hydrogen-bond donors (Lipinski definition) is 2. The third-order valence-corrected chi connectivity index (χ3v) is 2.48. The third kappa shape index (κ3) is 5.52. The second kappa shape index (κ2) is 7.94. The molecule has 0 aliphatic rings. The molecule has 0 fully saturated rings. The molecule has 5 nitrogen and oxygen atoms in total. The van der Waals surface area contributed by atoms with E-state index in [2.05, 4.69) is 15.4 Å². The van der Waals surface area contributed by atoms with Crippen molar-refractivity contribution in [1.29, 1.82) is 5.26 Å². The summed E-state index contributed by atoms with van der Waals surface area (Å²) in [7, 11) is 0. The summed E-state index contributed by atoms with van der Waals surface area (Å²) in [5.74, 6) is -0.0399. The first-order valence-electron chi connectivity index (χ1n) is 6.04. The van der Waals surface area contributed by atoms with Crippen molar-refractivity contribution in [2.45, 2.75) is 32.4 Å². The zero-order valence-electron chi connectivity index (χ0n) is 10.9. The number of amides is 2. The number of urea groups is 1. The molecular formula is C13H15F2N3O2. The smallest absolute Gasteiger partial charge is 0.387 e. The Hall–Kier alpha value is -2.36. The summed E-state index contributed by atoms with van der Waals surface area (Å²) in [5, 5.41) is 13.7. The Labute approximate surface area is 115 Å². The molecule has 7 heteroatoms. The van der Waals surface area contributed by atoms with E-state index in [0.29, 0.717) is 12.1 Å². The maximum absolute atomic E-state index is 12.1. The second-order valence-electron chi connectivity index (χ2n) is 3.97. The van der Waals surface area contributed by atoms with Crippen LogP contribution in [0.2, 0.25) is 0 Å². The molecule has 1 rings (SSSR count). The number of nitrogens with one attached hydrogen (secondary N) is 2. The quantitative estimate of drug-likeness (QED) is 0.842. The average molecular weight is 283 g/mol. The van der Waals surface area contributed by atoms with Crippen molar-refractivity contribution in [1.82, 2.24) is 5.32 Å². The number of ether oxygens (including phenoxy) is 1. The molecule has 0 spiro atoms. The molecule has 0 aliphatic heterocycles. The van der Waals surface area contributed by atoms with Gasteiger partial charge in [0, 0.05) is 17.8 Å². The molecule has 0 unspecified atom stereocenters. The first-order chi connectivity index (χ1) is 9.55. The van der Waals surface area contributed by atoms with E-state index in [1.54, 1.807) is 6.07 Å². The van der Waals surface area contributed by atoms with E-state index in [1.807, 2.05) is 13.0 Å². The topological polar surface area (TPSA) is 74.2 Å². The van der Waals surface area contributed by atoms with Crippen molar-refractivity contribution < 1.29 is 18.3 Å². The number of benzene rings is 1. The van der Waals surface area contributed by atoms with Crippen LogP contribution < -0.4 is 15.4 Å². The number of carbonyl (C=O) groups excluding carboxylic acids is 1. The lowest BCUT2D eigenvalue weighted by molar-refractivity contribution is -0.0497. The molecular weight excluding hydrogens is 268 g/mol. The van der Waals surface area contributed by atoms with Gasteiger partial charge in [-0.15, -0.1) is 0 Å². The number of anilines is 1. The SMILES string of the molecule is CC[C@@H](CC#N)NC(=O)Nc1cccc(OC(F)F)c1. The van der Waals surface area contributed by atoms with Crippen molar-refractivity contribution in [3.8, 4) is 11.8 Å². The fourth-order valence-corrected chi connectivity index (χ4v) is 1.51. The Morgan fingerprint density at radius 2 is 2.25 bits per heavy atom. The van der Waals surface area contributed by atoms with E-state index in [0.717, 1.165) is 0 Å². The number of halogens is 2. The summed E-state index contributed by atoms with van der Waals surface area (Å²) < 4.78 is 28.4. The minimum Gasteiger partial charge on any atom is -0.435 e. The van der Waals surface area contributed by atoms with Gasteiger partial charge in [-0.25, -0.2) is 4.79 Å². The minimum absolute atomic E-state index is 0.0399. The number of alkyl halides is 2. The van der Waals surface area contributed by atoms with Crippen molar-refractivity contribution in [2.24, 2.45) is 0 Å². The summed E-state index contributed by atoms with van der Waals surface area (Å²) in [6.07, 6.45) is 0.827. The molecule has 0 aromatic heterocycles. The van der Waals surface area contributed by atoms with E-state index in [1.165, 1.54) is 18.2 Å². The molecule has 1 atom stereocenters. The normalized spacial score (nSPS) is 11.6. The number of rotatable bonds is 6. The highest BCUT2D eigenvalue weighted by Gasteiger charge is 2.10. The Bertz CT molecular complexity index is 489. The monoisotopic (exact) mass is 283 g/mol. The highest BCUT2D eigenvalue weighted by molar-refractivity contribution is 5.89. The van der Waals surface area contributed by atoms with Crippen LogP contribution >= 0.6 is 0 Å². The fourth-order valence-electron chi connectivity index (χ4n) is 1.51. The van der Waals surface area contributed by atoms with Crippen LogP contribution in [0.15, 0.2) is 24.3 Å². The summed E-state index contributed by atoms with van der Waals surface area (Å²) in [6, 6.07) is 6.90. The van der Waals surface area contributed by atoms with E-state index in [4.69, 9.17) is 5.26 Å². The van der Waals surface area contributed by atoms with Gasteiger partial charge in [-0.3, -0.25) is 0 Å². The average Bonchev–Trinajstić information content (AvgIpc) is 2.37. The lowest BCUT2D eigenvalue weighted by Gasteiger charge is -2.14. The summed E-state index contributed by atoms with van der Waals surface area (Å²) in [5.41, 5.74) is 0.326. The van der Waals surface area contributed by atoms with Crippen molar-refractivity contribution >= 4 is 11.7 Å². The Morgan fingerprint density at radius 3 is 2.85 bits per heavy atom. The standard InChI is InChI=1S/C13H15F2N3O2/c1-2-9(6-7-16)17-13(19)18-10-4-3-5-11(8-10)20-12(14)15/h3-5,8-9,12H,2,6H2,1H3,(H2,17,18,19)/t9-/m0/s1. The van der Waals surface area contributed by atoms with Gasteiger partial charge in [-0.2, -0.15) is 14.0 Å². The van der Waals surface area contributed by atoms with Gasteiger partial charge >= 0.3 is 12.6 Å². The van der Waals surface area contributed by atoms with Gasteiger partial charge in [0.25, 0.3) is 0 Å². The van der Waals surface area contributed by atoms with Crippen LogP contribution in [0.4, 0.5) is 19.3 Å². The van der Waals surface area contributed by atoms with Gasteiger partial charge in [-0.1, -0.05) is 13.0 Å². The Morgan fingerprint density at radius 1 is 1.50 bits per heavy atom. The molecule has 2 N–H and O–H groups in total. The lowest BCUT2D eigenvalue weighted by Crippen LogP contribution is -2.37. The van der Waals surface area contributed by atoms with Crippen molar-refractivity contribution in [2.75, 3.05) is 5.32 Å². The van der Waals surface area contributed by atoms with Crippen LogP contribution in [0, 0.1) is 11.3 Å². The highest BCUT2D eigenvalue weighted by atomic mass is 19.3. The zero-order valence-corrected chi connectivity index (χ0v) is 10.9. The van der Waals surface area contributed by atoms with Gasteiger partial charge < -0.3 is 15.4 Å². The van der Waals surface area contributed by atoms with Crippen LogP contribution in [0.3, 0.4) is 0 Å². The Kier molecular flexibility index (Phi) is 6.23. The first kappa shape index (κ1) is 15.7. The van der Waals surface area contributed by atoms with Gasteiger partial charge in [0.15, 0.2) is 0 Å². The predicted molar refractivity (Wildman–Crippen MR) is 69.5 cm³/mol. The maximum Gasteiger partial charge on any atom is 0.387 e. The molecule has 1 aromatic rings. The van der Waals surface area contributed by atoms with Gasteiger partial charge in [0.2, 0.25) is 0 Å². The van der Waals surface area contributed by atoms with Gasteiger partial charge in [0.1, 0.15) is 5.75 Å². The number of nitrogens with zero attached hydrogens (tertiary/aromatic N) is 1. The molecule has 0 heterocycles. The lowest BCUT2D eigenvalue weighted by atomic mass is 10.2. The van der Waals surface area contributed by atoms with E-state index < -0.39 is 12.6 Å². The second-order valence-corrected chi connectivity index (χ2v) is 3.97. The van der Waals surface area contributed by atoms with E-state index in [-0.39, 0.29) is 18.2 Å². The predicted octanol–water partition coefficient (Wildman–Crippen LogP) is 3.10. The van der Waals surface area contributed by atoms with E-state index in [9.17, 15) is 13.6 Å². The van der Waals surface area contributed by atoms with Crippen LogP contribution in [0.5, 0.6) is 5.75 Å².